The standard InChI is InChI=1S/C15H30O/c1-6-7-10-13(16)15(5)12(2)9-8-11-14(15,3)4/h12-13,16H,6-11H2,1-5H3. The van der Waals surface area contributed by atoms with Gasteiger partial charge in [-0.1, -0.05) is 60.3 Å². The number of hydrogen-bond donors (Lipinski definition) is 1. The molecule has 0 radical (unpaired) electrons. The molecule has 1 N–H and O–H groups in total. The van der Waals surface area contributed by atoms with Gasteiger partial charge in [-0.05, 0) is 24.2 Å². The Morgan fingerprint density at radius 2 is 1.94 bits per heavy atom. The molecule has 1 heteroatoms. The first-order valence-corrected chi connectivity index (χ1v) is 7.04. The Balaban J connectivity index is 2.83. The zero-order chi connectivity index (χ0) is 12.4. The quantitative estimate of drug-likeness (QED) is 0.753. The van der Waals surface area contributed by atoms with Gasteiger partial charge in [-0.15, -0.1) is 0 Å². The average molecular weight is 226 g/mol. The summed E-state index contributed by atoms with van der Waals surface area (Å²) in [6, 6.07) is 0. The Kier molecular flexibility index (Phi) is 4.45. The lowest BCUT2D eigenvalue weighted by Crippen LogP contribution is -2.51. The summed E-state index contributed by atoms with van der Waals surface area (Å²) in [4.78, 5) is 0. The second kappa shape index (κ2) is 5.08. The van der Waals surface area contributed by atoms with Crippen molar-refractivity contribution in [2.75, 3.05) is 0 Å². The van der Waals surface area contributed by atoms with Gasteiger partial charge in [0.2, 0.25) is 0 Å². The van der Waals surface area contributed by atoms with Crippen LogP contribution in [0.3, 0.4) is 0 Å². The molecule has 1 rings (SSSR count). The highest BCUT2D eigenvalue weighted by Crippen LogP contribution is 2.55. The van der Waals surface area contributed by atoms with Crippen LogP contribution in [0.1, 0.15) is 73.1 Å². The number of rotatable bonds is 4. The van der Waals surface area contributed by atoms with Gasteiger partial charge in [-0.2, -0.15) is 0 Å². The molecule has 3 unspecified atom stereocenters. The van der Waals surface area contributed by atoms with Gasteiger partial charge in [0.15, 0.2) is 0 Å². The Labute approximate surface area is 102 Å². The molecule has 0 spiro atoms. The van der Waals surface area contributed by atoms with Gasteiger partial charge in [0.05, 0.1) is 6.10 Å². The van der Waals surface area contributed by atoms with E-state index in [0.717, 1.165) is 12.8 Å². The van der Waals surface area contributed by atoms with Crippen molar-refractivity contribution in [3.05, 3.63) is 0 Å². The van der Waals surface area contributed by atoms with Gasteiger partial charge < -0.3 is 5.11 Å². The van der Waals surface area contributed by atoms with Crippen LogP contribution in [0, 0.1) is 16.7 Å². The summed E-state index contributed by atoms with van der Waals surface area (Å²) in [5, 5.41) is 10.6. The fraction of sp³-hybridized carbons (Fsp3) is 1.00. The lowest BCUT2D eigenvalue weighted by atomic mass is 9.51. The molecule has 0 aromatic carbocycles. The topological polar surface area (TPSA) is 20.2 Å². The monoisotopic (exact) mass is 226 g/mol. The number of aliphatic hydroxyl groups is 1. The minimum absolute atomic E-state index is 0.0976. The molecule has 3 atom stereocenters. The van der Waals surface area contributed by atoms with Crippen LogP contribution in [0.4, 0.5) is 0 Å². The minimum atomic E-state index is -0.127. The maximum absolute atomic E-state index is 10.6. The van der Waals surface area contributed by atoms with Crippen LogP contribution in [-0.4, -0.2) is 11.2 Å². The van der Waals surface area contributed by atoms with Crippen LogP contribution >= 0.6 is 0 Å². The Bertz CT molecular complexity index is 221. The second-order valence-corrected chi connectivity index (χ2v) is 6.62. The summed E-state index contributed by atoms with van der Waals surface area (Å²) in [6.45, 7) is 11.5. The predicted molar refractivity (Wildman–Crippen MR) is 70.4 cm³/mol. The molecule has 0 bridgehead atoms. The Morgan fingerprint density at radius 3 is 2.44 bits per heavy atom. The van der Waals surface area contributed by atoms with Crippen LogP contribution < -0.4 is 0 Å². The summed E-state index contributed by atoms with van der Waals surface area (Å²) in [6.07, 6.45) is 7.05. The number of unbranched alkanes of at least 4 members (excludes halogenated alkanes) is 1. The van der Waals surface area contributed by atoms with Gasteiger partial charge in [0.1, 0.15) is 0 Å². The molecule has 1 fully saturated rings. The van der Waals surface area contributed by atoms with Gasteiger partial charge in [0.25, 0.3) is 0 Å². The summed E-state index contributed by atoms with van der Waals surface area (Å²) in [7, 11) is 0. The largest absolute Gasteiger partial charge is 0.393 e. The van der Waals surface area contributed by atoms with Crippen molar-refractivity contribution in [1.29, 1.82) is 0 Å². The van der Waals surface area contributed by atoms with E-state index in [1.165, 1.54) is 25.7 Å². The van der Waals surface area contributed by atoms with E-state index < -0.39 is 0 Å². The van der Waals surface area contributed by atoms with E-state index in [9.17, 15) is 5.11 Å². The normalized spacial score (nSPS) is 36.0. The first-order valence-electron chi connectivity index (χ1n) is 7.04. The maximum atomic E-state index is 10.6. The van der Waals surface area contributed by atoms with E-state index >= 15 is 0 Å². The summed E-state index contributed by atoms with van der Waals surface area (Å²) in [5.41, 5.74) is 0.373. The Hall–Kier alpha value is -0.0400. The average Bonchev–Trinajstić information content (AvgIpc) is 2.22. The lowest BCUT2D eigenvalue weighted by Gasteiger charge is -2.55. The third-order valence-electron chi connectivity index (χ3n) is 5.44. The van der Waals surface area contributed by atoms with E-state index in [-0.39, 0.29) is 16.9 Å². The van der Waals surface area contributed by atoms with E-state index in [1.54, 1.807) is 0 Å². The molecule has 1 aliphatic carbocycles. The summed E-state index contributed by atoms with van der Waals surface area (Å²) in [5.74, 6) is 0.642. The second-order valence-electron chi connectivity index (χ2n) is 6.62. The molecule has 0 aromatic heterocycles. The molecule has 0 aromatic rings. The third-order valence-corrected chi connectivity index (χ3v) is 5.44. The van der Waals surface area contributed by atoms with Crippen LogP contribution in [0.5, 0.6) is 0 Å². The van der Waals surface area contributed by atoms with E-state index in [4.69, 9.17) is 0 Å². The van der Waals surface area contributed by atoms with Gasteiger partial charge in [-0.3, -0.25) is 0 Å². The highest BCUT2D eigenvalue weighted by atomic mass is 16.3. The Morgan fingerprint density at radius 1 is 1.31 bits per heavy atom. The van der Waals surface area contributed by atoms with Crippen molar-refractivity contribution in [1.82, 2.24) is 0 Å². The number of hydrogen-bond acceptors (Lipinski definition) is 1. The molecular formula is C15H30O. The van der Waals surface area contributed by atoms with E-state index in [2.05, 4.69) is 34.6 Å². The molecule has 0 amide bonds. The highest BCUT2D eigenvalue weighted by Gasteiger charge is 2.51. The SMILES string of the molecule is CCCCC(O)C1(C)C(C)CCCC1(C)C. The first kappa shape index (κ1) is 14.0. The smallest absolute Gasteiger partial charge is 0.0601 e. The van der Waals surface area contributed by atoms with Gasteiger partial charge >= 0.3 is 0 Å². The van der Waals surface area contributed by atoms with Crippen molar-refractivity contribution >= 4 is 0 Å². The highest BCUT2D eigenvalue weighted by molar-refractivity contribution is 5.00. The summed E-state index contributed by atoms with van der Waals surface area (Å²) >= 11 is 0. The van der Waals surface area contributed by atoms with E-state index in [1.807, 2.05) is 0 Å². The van der Waals surface area contributed by atoms with Crippen LogP contribution in [0.15, 0.2) is 0 Å². The fourth-order valence-electron chi connectivity index (χ4n) is 3.56. The minimum Gasteiger partial charge on any atom is -0.393 e. The van der Waals surface area contributed by atoms with Crippen molar-refractivity contribution in [3.8, 4) is 0 Å². The number of aliphatic hydroxyl groups excluding tert-OH is 1. The van der Waals surface area contributed by atoms with Crippen LogP contribution in [-0.2, 0) is 0 Å². The molecule has 96 valence electrons. The van der Waals surface area contributed by atoms with E-state index in [0.29, 0.717) is 5.92 Å². The van der Waals surface area contributed by atoms with Crippen LogP contribution in [0.25, 0.3) is 0 Å². The fourth-order valence-corrected chi connectivity index (χ4v) is 3.56. The lowest BCUT2D eigenvalue weighted by molar-refractivity contribution is -0.116. The predicted octanol–water partition coefficient (Wildman–Crippen LogP) is 4.39. The molecule has 0 aliphatic heterocycles. The van der Waals surface area contributed by atoms with Gasteiger partial charge in [-0.25, -0.2) is 0 Å². The van der Waals surface area contributed by atoms with Crippen molar-refractivity contribution in [2.45, 2.75) is 79.2 Å². The molecule has 1 nitrogen and oxygen atoms in total. The third kappa shape index (κ3) is 2.30. The zero-order valence-corrected chi connectivity index (χ0v) is 11.8. The maximum Gasteiger partial charge on any atom is 0.0601 e. The van der Waals surface area contributed by atoms with Crippen LogP contribution in [0.2, 0.25) is 0 Å². The van der Waals surface area contributed by atoms with Gasteiger partial charge in [0, 0.05) is 5.41 Å². The van der Waals surface area contributed by atoms with Crippen molar-refractivity contribution in [3.63, 3.8) is 0 Å². The zero-order valence-electron chi connectivity index (χ0n) is 11.8. The summed E-state index contributed by atoms with van der Waals surface area (Å²) < 4.78 is 0. The molecule has 0 saturated heterocycles. The first-order chi connectivity index (χ1) is 7.36. The molecule has 0 heterocycles. The molecular weight excluding hydrogens is 196 g/mol. The van der Waals surface area contributed by atoms with Crippen molar-refractivity contribution < 1.29 is 5.11 Å². The van der Waals surface area contributed by atoms with Crippen molar-refractivity contribution in [2.24, 2.45) is 16.7 Å². The molecule has 1 aliphatic rings. The molecule has 1 saturated carbocycles. The molecule has 16 heavy (non-hydrogen) atoms.